The van der Waals surface area contributed by atoms with Crippen LogP contribution in [0.25, 0.3) is 0 Å². The Bertz CT molecular complexity index is 599. The Labute approximate surface area is 119 Å². The van der Waals surface area contributed by atoms with Crippen LogP contribution in [-0.4, -0.2) is 7.11 Å². The predicted molar refractivity (Wildman–Crippen MR) is 74.9 cm³/mol. The average molecular weight is 327 g/mol. The second kappa shape index (κ2) is 5.70. The van der Waals surface area contributed by atoms with E-state index >= 15 is 0 Å². The standard InChI is InChI=1S/C15H13BrF2O/c1-9-6-14(18)12(8-13(9)17)15(16)10-4-3-5-11(7-10)19-2/h3-8,15H,1-2H3. The van der Waals surface area contributed by atoms with Crippen molar-refractivity contribution >= 4 is 15.9 Å². The highest BCUT2D eigenvalue weighted by atomic mass is 79.9. The highest BCUT2D eigenvalue weighted by Crippen LogP contribution is 2.34. The minimum atomic E-state index is -0.427. The summed E-state index contributed by atoms with van der Waals surface area (Å²) in [5.74, 6) is -0.165. The van der Waals surface area contributed by atoms with Gasteiger partial charge in [-0.05, 0) is 42.3 Å². The van der Waals surface area contributed by atoms with Gasteiger partial charge in [0.15, 0.2) is 0 Å². The number of alkyl halides is 1. The van der Waals surface area contributed by atoms with Gasteiger partial charge in [-0.3, -0.25) is 0 Å². The van der Waals surface area contributed by atoms with Crippen LogP contribution in [0.4, 0.5) is 8.78 Å². The first-order valence-corrected chi connectivity index (χ1v) is 6.68. The average Bonchev–Trinajstić information content (AvgIpc) is 2.42. The molecule has 1 atom stereocenters. The first-order valence-electron chi connectivity index (χ1n) is 5.76. The second-order valence-corrected chi connectivity index (χ2v) is 5.18. The van der Waals surface area contributed by atoms with Crippen LogP contribution >= 0.6 is 15.9 Å². The van der Waals surface area contributed by atoms with Crippen LogP contribution in [0.5, 0.6) is 5.75 Å². The molecule has 1 unspecified atom stereocenters. The zero-order chi connectivity index (χ0) is 14.0. The molecular weight excluding hydrogens is 314 g/mol. The Balaban J connectivity index is 2.43. The maximum atomic E-state index is 13.9. The Morgan fingerprint density at radius 1 is 1.11 bits per heavy atom. The number of ether oxygens (including phenoxy) is 1. The van der Waals surface area contributed by atoms with E-state index in [-0.39, 0.29) is 5.56 Å². The largest absolute Gasteiger partial charge is 0.497 e. The molecule has 0 N–H and O–H groups in total. The van der Waals surface area contributed by atoms with Gasteiger partial charge in [0, 0.05) is 5.56 Å². The predicted octanol–water partition coefficient (Wildman–Crippen LogP) is 4.77. The molecule has 4 heteroatoms. The third kappa shape index (κ3) is 2.95. The summed E-state index contributed by atoms with van der Waals surface area (Å²) in [6.45, 7) is 1.54. The van der Waals surface area contributed by atoms with E-state index in [4.69, 9.17) is 4.74 Å². The van der Waals surface area contributed by atoms with E-state index in [1.54, 1.807) is 19.2 Å². The molecule has 1 nitrogen and oxygen atoms in total. The van der Waals surface area contributed by atoms with Crippen molar-refractivity contribution in [2.45, 2.75) is 11.8 Å². The molecule has 0 spiro atoms. The van der Waals surface area contributed by atoms with E-state index in [1.165, 1.54) is 19.1 Å². The summed E-state index contributed by atoms with van der Waals surface area (Å²) in [5.41, 5.74) is 1.38. The molecule has 0 saturated carbocycles. The molecule has 2 aromatic rings. The SMILES string of the molecule is COc1cccc(C(Br)c2cc(F)c(C)cc2F)c1. The summed E-state index contributed by atoms with van der Waals surface area (Å²) in [7, 11) is 1.56. The molecule has 0 bridgehead atoms. The molecule has 0 heterocycles. The van der Waals surface area contributed by atoms with Gasteiger partial charge in [-0.2, -0.15) is 0 Å². The molecule has 0 saturated heterocycles. The second-order valence-electron chi connectivity index (χ2n) is 4.26. The first-order chi connectivity index (χ1) is 9.02. The maximum Gasteiger partial charge on any atom is 0.128 e. The highest BCUT2D eigenvalue weighted by molar-refractivity contribution is 9.09. The van der Waals surface area contributed by atoms with Gasteiger partial charge >= 0.3 is 0 Å². The first kappa shape index (κ1) is 14.0. The van der Waals surface area contributed by atoms with Crippen LogP contribution in [-0.2, 0) is 0 Å². The summed E-state index contributed by atoms with van der Waals surface area (Å²) in [6.07, 6.45) is 0. The van der Waals surface area contributed by atoms with Crippen LogP contribution in [0.3, 0.4) is 0 Å². The smallest absolute Gasteiger partial charge is 0.128 e. The Kier molecular flexibility index (Phi) is 4.20. The lowest BCUT2D eigenvalue weighted by Crippen LogP contribution is -1.99. The number of benzene rings is 2. The lowest BCUT2D eigenvalue weighted by Gasteiger charge is -2.13. The van der Waals surface area contributed by atoms with Crippen molar-refractivity contribution in [3.05, 3.63) is 64.7 Å². The number of rotatable bonds is 3. The van der Waals surface area contributed by atoms with Gasteiger partial charge in [-0.15, -0.1) is 0 Å². The van der Waals surface area contributed by atoms with Crippen molar-refractivity contribution in [3.8, 4) is 5.75 Å². The quantitative estimate of drug-likeness (QED) is 0.738. The highest BCUT2D eigenvalue weighted by Gasteiger charge is 2.17. The van der Waals surface area contributed by atoms with Crippen molar-refractivity contribution in [2.24, 2.45) is 0 Å². The molecule has 0 amide bonds. The molecule has 0 radical (unpaired) electrons. The Hall–Kier alpha value is -1.42. The van der Waals surface area contributed by atoms with Gasteiger partial charge < -0.3 is 4.74 Å². The summed E-state index contributed by atoms with van der Waals surface area (Å²) < 4.78 is 32.6. The third-order valence-electron chi connectivity index (χ3n) is 2.94. The number of hydrogen-bond acceptors (Lipinski definition) is 1. The fraction of sp³-hybridized carbons (Fsp3) is 0.200. The molecule has 2 rings (SSSR count). The molecular formula is C15H13BrF2O. The van der Waals surface area contributed by atoms with E-state index in [0.717, 1.165) is 5.56 Å². The van der Waals surface area contributed by atoms with Crippen molar-refractivity contribution in [3.63, 3.8) is 0 Å². The summed E-state index contributed by atoms with van der Waals surface area (Å²) in [6, 6.07) is 9.67. The van der Waals surface area contributed by atoms with Gasteiger partial charge in [-0.25, -0.2) is 8.78 Å². The number of aryl methyl sites for hydroxylation is 1. The van der Waals surface area contributed by atoms with Gasteiger partial charge in [-0.1, -0.05) is 28.1 Å². The molecule has 0 fully saturated rings. The van der Waals surface area contributed by atoms with E-state index < -0.39 is 16.5 Å². The topological polar surface area (TPSA) is 9.23 Å². The minimum absolute atomic E-state index is 0.274. The fourth-order valence-corrected chi connectivity index (χ4v) is 2.47. The molecule has 2 aromatic carbocycles. The fourth-order valence-electron chi connectivity index (χ4n) is 1.83. The van der Waals surface area contributed by atoms with Gasteiger partial charge in [0.05, 0.1) is 11.9 Å². The van der Waals surface area contributed by atoms with E-state index in [0.29, 0.717) is 11.3 Å². The zero-order valence-corrected chi connectivity index (χ0v) is 12.2. The van der Waals surface area contributed by atoms with Crippen molar-refractivity contribution in [1.29, 1.82) is 0 Å². The molecule has 100 valence electrons. The monoisotopic (exact) mass is 326 g/mol. The Morgan fingerprint density at radius 3 is 2.53 bits per heavy atom. The minimum Gasteiger partial charge on any atom is -0.497 e. The number of hydrogen-bond donors (Lipinski definition) is 0. The van der Waals surface area contributed by atoms with Crippen molar-refractivity contribution < 1.29 is 13.5 Å². The normalized spacial score (nSPS) is 12.3. The van der Waals surface area contributed by atoms with Crippen molar-refractivity contribution in [2.75, 3.05) is 7.11 Å². The van der Waals surface area contributed by atoms with Gasteiger partial charge in [0.1, 0.15) is 17.4 Å². The lowest BCUT2D eigenvalue weighted by molar-refractivity contribution is 0.414. The Morgan fingerprint density at radius 2 is 1.84 bits per heavy atom. The molecule has 0 aliphatic carbocycles. The van der Waals surface area contributed by atoms with Gasteiger partial charge in [0.2, 0.25) is 0 Å². The van der Waals surface area contributed by atoms with E-state index in [9.17, 15) is 8.78 Å². The van der Waals surface area contributed by atoms with Crippen LogP contribution in [0.2, 0.25) is 0 Å². The summed E-state index contributed by atoms with van der Waals surface area (Å²) >= 11 is 3.40. The van der Waals surface area contributed by atoms with Crippen LogP contribution < -0.4 is 4.74 Å². The number of methoxy groups -OCH3 is 1. The molecule has 0 aliphatic heterocycles. The van der Waals surface area contributed by atoms with Gasteiger partial charge in [0.25, 0.3) is 0 Å². The molecule has 0 aromatic heterocycles. The van der Waals surface area contributed by atoms with Crippen LogP contribution in [0.15, 0.2) is 36.4 Å². The van der Waals surface area contributed by atoms with E-state index in [2.05, 4.69) is 15.9 Å². The number of halogens is 3. The zero-order valence-electron chi connectivity index (χ0n) is 10.6. The summed E-state index contributed by atoms with van der Waals surface area (Å²) in [5, 5.41) is 0. The van der Waals surface area contributed by atoms with Crippen LogP contribution in [0.1, 0.15) is 21.5 Å². The third-order valence-corrected chi connectivity index (χ3v) is 3.96. The van der Waals surface area contributed by atoms with Crippen LogP contribution in [0, 0.1) is 18.6 Å². The molecule has 0 aliphatic rings. The van der Waals surface area contributed by atoms with Crippen molar-refractivity contribution in [1.82, 2.24) is 0 Å². The summed E-state index contributed by atoms with van der Waals surface area (Å²) in [4.78, 5) is -0.419. The van der Waals surface area contributed by atoms with E-state index in [1.807, 2.05) is 12.1 Å². The molecule has 19 heavy (non-hydrogen) atoms. The maximum absolute atomic E-state index is 13.9. The lowest BCUT2D eigenvalue weighted by atomic mass is 10.0.